The maximum Gasteiger partial charge on any atom is 0.0972 e. The molecule has 1 unspecified atom stereocenters. The molecule has 0 radical (unpaired) electrons. The van der Waals surface area contributed by atoms with E-state index in [9.17, 15) is 5.11 Å². The van der Waals surface area contributed by atoms with Crippen molar-refractivity contribution >= 4 is 11.6 Å². The molecular weight excluding hydrogens is 244 g/mol. The molecule has 0 bridgehead atoms. The molecule has 1 heterocycles. The van der Waals surface area contributed by atoms with Crippen LogP contribution in [-0.4, -0.2) is 42.3 Å². The van der Waals surface area contributed by atoms with Gasteiger partial charge in [-0.25, -0.2) is 0 Å². The number of hydrogen-bond donors (Lipinski definition) is 1. The fourth-order valence-electron chi connectivity index (χ4n) is 1.62. The lowest BCUT2D eigenvalue weighted by Gasteiger charge is -2.13. The number of methoxy groups -OCH3 is 2. The van der Waals surface area contributed by atoms with E-state index < -0.39 is 6.10 Å². The second-order valence-corrected chi connectivity index (χ2v) is 4.15. The predicted octanol–water partition coefficient (Wildman–Crippen LogP) is 1.64. The monoisotopic (exact) mass is 262 g/mol. The van der Waals surface area contributed by atoms with E-state index in [0.29, 0.717) is 36.9 Å². The molecule has 1 atom stereocenters. The van der Waals surface area contributed by atoms with Gasteiger partial charge in [0, 0.05) is 20.8 Å². The van der Waals surface area contributed by atoms with Crippen molar-refractivity contribution in [3.63, 3.8) is 0 Å². The SMILES string of the molecule is COCCCC(O)c1c(Cl)cnn1CCOC. The molecule has 0 aliphatic heterocycles. The fraction of sp³-hybridized carbons (Fsp3) is 0.727. The number of halogens is 1. The Bertz CT molecular complexity index is 331. The highest BCUT2D eigenvalue weighted by Crippen LogP contribution is 2.25. The van der Waals surface area contributed by atoms with Crippen molar-refractivity contribution in [3.8, 4) is 0 Å². The second kappa shape index (κ2) is 7.66. The summed E-state index contributed by atoms with van der Waals surface area (Å²) in [4.78, 5) is 0. The van der Waals surface area contributed by atoms with Gasteiger partial charge >= 0.3 is 0 Å². The third-order valence-electron chi connectivity index (χ3n) is 2.48. The summed E-state index contributed by atoms with van der Waals surface area (Å²) in [6.07, 6.45) is 2.32. The number of nitrogens with zero attached hydrogens (tertiary/aromatic N) is 2. The minimum Gasteiger partial charge on any atom is -0.387 e. The Balaban J connectivity index is 2.63. The maximum absolute atomic E-state index is 10.1. The molecule has 1 aromatic heterocycles. The van der Waals surface area contributed by atoms with Crippen LogP contribution in [-0.2, 0) is 16.0 Å². The second-order valence-electron chi connectivity index (χ2n) is 3.74. The molecule has 1 N–H and O–H groups in total. The highest BCUT2D eigenvalue weighted by Gasteiger charge is 2.17. The van der Waals surface area contributed by atoms with E-state index in [1.165, 1.54) is 0 Å². The lowest BCUT2D eigenvalue weighted by atomic mass is 10.1. The molecule has 6 heteroatoms. The van der Waals surface area contributed by atoms with Crippen molar-refractivity contribution in [2.24, 2.45) is 0 Å². The van der Waals surface area contributed by atoms with Crippen molar-refractivity contribution < 1.29 is 14.6 Å². The number of ether oxygens (including phenoxy) is 2. The predicted molar refractivity (Wildman–Crippen MR) is 65.2 cm³/mol. The van der Waals surface area contributed by atoms with Gasteiger partial charge in [-0.2, -0.15) is 5.10 Å². The van der Waals surface area contributed by atoms with Crippen LogP contribution in [0, 0.1) is 0 Å². The topological polar surface area (TPSA) is 56.5 Å². The molecule has 0 aromatic carbocycles. The van der Waals surface area contributed by atoms with Crippen LogP contribution < -0.4 is 0 Å². The summed E-state index contributed by atoms with van der Waals surface area (Å²) < 4.78 is 11.6. The lowest BCUT2D eigenvalue weighted by Crippen LogP contribution is -2.13. The van der Waals surface area contributed by atoms with Gasteiger partial charge in [0.15, 0.2) is 0 Å². The van der Waals surface area contributed by atoms with Crippen LogP contribution in [0.15, 0.2) is 6.20 Å². The van der Waals surface area contributed by atoms with Crippen LogP contribution in [0.1, 0.15) is 24.6 Å². The summed E-state index contributed by atoms with van der Waals surface area (Å²) in [7, 11) is 3.27. The molecule has 0 saturated heterocycles. The van der Waals surface area contributed by atoms with Gasteiger partial charge in [0.1, 0.15) is 0 Å². The highest BCUT2D eigenvalue weighted by molar-refractivity contribution is 6.31. The molecule has 0 amide bonds. The van der Waals surface area contributed by atoms with Gasteiger partial charge in [0.05, 0.1) is 36.2 Å². The Morgan fingerprint density at radius 1 is 1.41 bits per heavy atom. The number of aromatic nitrogens is 2. The number of aliphatic hydroxyl groups is 1. The zero-order valence-electron chi connectivity index (χ0n) is 10.2. The Hall–Kier alpha value is -0.620. The van der Waals surface area contributed by atoms with E-state index in [4.69, 9.17) is 21.1 Å². The quantitative estimate of drug-likeness (QED) is 0.724. The number of aliphatic hydroxyl groups excluding tert-OH is 1. The molecule has 17 heavy (non-hydrogen) atoms. The summed E-state index contributed by atoms with van der Waals surface area (Å²) in [5.74, 6) is 0. The van der Waals surface area contributed by atoms with Gasteiger partial charge in [-0.1, -0.05) is 11.6 Å². The van der Waals surface area contributed by atoms with E-state index in [-0.39, 0.29) is 0 Å². The third-order valence-corrected chi connectivity index (χ3v) is 2.77. The highest BCUT2D eigenvalue weighted by atomic mass is 35.5. The first-order valence-electron chi connectivity index (χ1n) is 5.57. The van der Waals surface area contributed by atoms with Crippen molar-refractivity contribution in [1.82, 2.24) is 9.78 Å². The number of rotatable bonds is 8. The first-order chi connectivity index (χ1) is 8.20. The van der Waals surface area contributed by atoms with Crippen LogP contribution in [0.25, 0.3) is 0 Å². The van der Waals surface area contributed by atoms with Crippen molar-refractivity contribution in [1.29, 1.82) is 0 Å². The molecule has 0 saturated carbocycles. The van der Waals surface area contributed by atoms with Crippen LogP contribution in [0.2, 0.25) is 5.02 Å². The average Bonchev–Trinajstić information content (AvgIpc) is 2.68. The van der Waals surface area contributed by atoms with Crippen molar-refractivity contribution in [2.75, 3.05) is 27.4 Å². The molecule has 0 spiro atoms. The van der Waals surface area contributed by atoms with Gasteiger partial charge in [0.2, 0.25) is 0 Å². The standard InChI is InChI=1S/C11H19ClN2O3/c1-16-6-3-4-10(15)11-9(12)8-13-14(11)5-7-17-2/h8,10,15H,3-7H2,1-2H3. The van der Waals surface area contributed by atoms with Gasteiger partial charge in [-0.05, 0) is 12.8 Å². The minimum atomic E-state index is -0.614. The van der Waals surface area contributed by atoms with Crippen LogP contribution >= 0.6 is 11.6 Å². The Morgan fingerprint density at radius 3 is 2.76 bits per heavy atom. The minimum absolute atomic E-state index is 0.492. The summed E-state index contributed by atoms with van der Waals surface area (Å²) >= 11 is 6.02. The Labute approximate surface area is 106 Å². The average molecular weight is 263 g/mol. The molecule has 0 aliphatic rings. The maximum atomic E-state index is 10.1. The summed E-state index contributed by atoms with van der Waals surface area (Å²) in [6.45, 7) is 1.75. The molecule has 0 fully saturated rings. The molecule has 1 rings (SSSR count). The molecule has 1 aromatic rings. The normalized spacial score (nSPS) is 12.9. The van der Waals surface area contributed by atoms with Crippen LogP contribution in [0.3, 0.4) is 0 Å². The summed E-state index contributed by atoms with van der Waals surface area (Å²) in [6, 6.07) is 0. The van der Waals surface area contributed by atoms with Crippen LogP contribution in [0.4, 0.5) is 0 Å². The van der Waals surface area contributed by atoms with Gasteiger partial charge in [0.25, 0.3) is 0 Å². The van der Waals surface area contributed by atoms with Gasteiger partial charge in [-0.3, -0.25) is 4.68 Å². The van der Waals surface area contributed by atoms with Gasteiger partial charge < -0.3 is 14.6 Å². The molecular formula is C11H19ClN2O3. The summed E-state index contributed by atoms with van der Waals surface area (Å²) in [5, 5.41) is 14.7. The van der Waals surface area contributed by atoms with E-state index in [2.05, 4.69) is 5.10 Å². The van der Waals surface area contributed by atoms with E-state index >= 15 is 0 Å². The zero-order valence-corrected chi connectivity index (χ0v) is 11.0. The molecule has 5 nitrogen and oxygen atoms in total. The Morgan fingerprint density at radius 2 is 2.12 bits per heavy atom. The summed E-state index contributed by atoms with van der Waals surface area (Å²) in [5.41, 5.74) is 0.653. The largest absolute Gasteiger partial charge is 0.387 e. The fourth-order valence-corrected chi connectivity index (χ4v) is 1.88. The van der Waals surface area contributed by atoms with E-state index in [0.717, 1.165) is 6.42 Å². The first kappa shape index (κ1) is 14.4. The number of hydrogen-bond acceptors (Lipinski definition) is 4. The Kier molecular flexibility index (Phi) is 6.50. The smallest absolute Gasteiger partial charge is 0.0972 e. The van der Waals surface area contributed by atoms with Crippen molar-refractivity contribution in [3.05, 3.63) is 16.9 Å². The van der Waals surface area contributed by atoms with E-state index in [1.807, 2.05) is 0 Å². The van der Waals surface area contributed by atoms with E-state index in [1.54, 1.807) is 25.1 Å². The molecule has 0 aliphatic carbocycles. The first-order valence-corrected chi connectivity index (χ1v) is 5.95. The van der Waals surface area contributed by atoms with Gasteiger partial charge in [-0.15, -0.1) is 0 Å². The lowest BCUT2D eigenvalue weighted by molar-refractivity contribution is 0.125. The zero-order chi connectivity index (χ0) is 12.7. The van der Waals surface area contributed by atoms with Crippen LogP contribution in [0.5, 0.6) is 0 Å². The third kappa shape index (κ3) is 4.27. The van der Waals surface area contributed by atoms with Crippen molar-refractivity contribution in [2.45, 2.75) is 25.5 Å². The molecule has 98 valence electrons.